The predicted octanol–water partition coefficient (Wildman–Crippen LogP) is 2.88. The lowest BCUT2D eigenvalue weighted by molar-refractivity contribution is 0.226. The minimum absolute atomic E-state index is 0.0808. The van der Waals surface area contributed by atoms with Gasteiger partial charge in [-0.2, -0.15) is 5.26 Å². The molecule has 0 aliphatic heterocycles. The third-order valence-corrected chi connectivity index (χ3v) is 3.75. The summed E-state index contributed by atoms with van der Waals surface area (Å²) in [5.74, 6) is 1.52. The SMILES string of the molecule is CCNCc1ccc(OC)c(OCC2(CC#N)CC2)c1. The van der Waals surface area contributed by atoms with Gasteiger partial charge in [-0.3, -0.25) is 0 Å². The lowest BCUT2D eigenvalue weighted by atomic mass is 10.1. The summed E-state index contributed by atoms with van der Waals surface area (Å²) in [5, 5.41) is 12.1. The van der Waals surface area contributed by atoms with E-state index in [9.17, 15) is 0 Å². The second-order valence-electron chi connectivity index (χ2n) is 5.39. The van der Waals surface area contributed by atoms with Crippen LogP contribution in [0.4, 0.5) is 0 Å². The van der Waals surface area contributed by atoms with E-state index in [0.717, 1.165) is 37.4 Å². The minimum Gasteiger partial charge on any atom is -0.493 e. The van der Waals surface area contributed by atoms with Crippen LogP contribution in [0.2, 0.25) is 0 Å². The molecule has 2 rings (SSSR count). The molecule has 0 bridgehead atoms. The number of nitrogens with zero attached hydrogens (tertiary/aromatic N) is 1. The number of ether oxygens (including phenoxy) is 2. The molecule has 4 nitrogen and oxygen atoms in total. The molecule has 1 fully saturated rings. The molecule has 1 aromatic rings. The maximum Gasteiger partial charge on any atom is 0.161 e. The Morgan fingerprint density at radius 1 is 1.35 bits per heavy atom. The van der Waals surface area contributed by atoms with Crippen molar-refractivity contribution in [3.05, 3.63) is 23.8 Å². The van der Waals surface area contributed by atoms with Gasteiger partial charge in [0.2, 0.25) is 0 Å². The molecule has 0 heterocycles. The molecule has 0 atom stereocenters. The highest BCUT2D eigenvalue weighted by atomic mass is 16.5. The quantitative estimate of drug-likeness (QED) is 0.792. The van der Waals surface area contributed by atoms with Gasteiger partial charge in [-0.05, 0) is 37.1 Å². The van der Waals surface area contributed by atoms with Gasteiger partial charge in [-0.1, -0.05) is 13.0 Å². The smallest absolute Gasteiger partial charge is 0.161 e. The van der Waals surface area contributed by atoms with E-state index < -0.39 is 0 Å². The van der Waals surface area contributed by atoms with Crippen molar-refractivity contribution in [2.24, 2.45) is 5.41 Å². The van der Waals surface area contributed by atoms with Crippen molar-refractivity contribution in [3.63, 3.8) is 0 Å². The average molecular weight is 274 g/mol. The van der Waals surface area contributed by atoms with Crippen LogP contribution in [0.1, 0.15) is 31.7 Å². The maximum absolute atomic E-state index is 8.84. The number of methoxy groups -OCH3 is 1. The van der Waals surface area contributed by atoms with Gasteiger partial charge in [-0.25, -0.2) is 0 Å². The van der Waals surface area contributed by atoms with E-state index in [0.29, 0.717) is 13.0 Å². The Kier molecular flexibility index (Phi) is 4.86. The highest BCUT2D eigenvalue weighted by Gasteiger charge is 2.43. The van der Waals surface area contributed by atoms with E-state index in [1.807, 2.05) is 18.2 Å². The second kappa shape index (κ2) is 6.62. The fraction of sp³-hybridized carbons (Fsp3) is 0.562. The lowest BCUT2D eigenvalue weighted by Gasteiger charge is -2.16. The van der Waals surface area contributed by atoms with Gasteiger partial charge >= 0.3 is 0 Å². The van der Waals surface area contributed by atoms with Crippen molar-refractivity contribution in [2.75, 3.05) is 20.3 Å². The Labute approximate surface area is 120 Å². The Hall–Kier alpha value is -1.73. The summed E-state index contributed by atoms with van der Waals surface area (Å²) in [4.78, 5) is 0. The molecule has 1 aromatic carbocycles. The van der Waals surface area contributed by atoms with E-state index in [2.05, 4.69) is 18.3 Å². The van der Waals surface area contributed by atoms with E-state index in [-0.39, 0.29) is 5.41 Å². The van der Waals surface area contributed by atoms with Crippen molar-refractivity contribution >= 4 is 0 Å². The summed E-state index contributed by atoms with van der Waals surface area (Å²) in [6.07, 6.45) is 2.74. The Morgan fingerprint density at radius 2 is 2.15 bits per heavy atom. The van der Waals surface area contributed by atoms with Crippen LogP contribution in [0.5, 0.6) is 11.5 Å². The van der Waals surface area contributed by atoms with Crippen LogP contribution in [-0.2, 0) is 6.54 Å². The van der Waals surface area contributed by atoms with Gasteiger partial charge in [0.15, 0.2) is 11.5 Å². The van der Waals surface area contributed by atoms with Gasteiger partial charge in [-0.15, -0.1) is 0 Å². The molecular weight excluding hydrogens is 252 g/mol. The molecule has 0 saturated heterocycles. The molecule has 0 spiro atoms. The fourth-order valence-corrected chi connectivity index (χ4v) is 2.16. The summed E-state index contributed by atoms with van der Waals surface area (Å²) < 4.78 is 11.3. The molecular formula is C16H22N2O2. The Bertz CT molecular complexity index is 490. The van der Waals surface area contributed by atoms with E-state index >= 15 is 0 Å². The standard InChI is InChI=1S/C16H22N2O2/c1-3-18-11-13-4-5-14(19-2)15(10-13)20-12-16(6-7-16)8-9-17/h4-5,10,18H,3,6-8,11-12H2,1-2H3. The number of benzene rings is 1. The van der Waals surface area contributed by atoms with Crippen molar-refractivity contribution in [2.45, 2.75) is 32.7 Å². The maximum atomic E-state index is 8.84. The monoisotopic (exact) mass is 274 g/mol. The van der Waals surface area contributed by atoms with Gasteiger partial charge in [0.05, 0.1) is 19.8 Å². The first-order chi connectivity index (χ1) is 9.73. The third-order valence-electron chi connectivity index (χ3n) is 3.75. The zero-order valence-corrected chi connectivity index (χ0v) is 12.2. The van der Waals surface area contributed by atoms with Crippen LogP contribution in [0.15, 0.2) is 18.2 Å². The van der Waals surface area contributed by atoms with Crippen LogP contribution in [0.3, 0.4) is 0 Å². The molecule has 0 aromatic heterocycles. The number of rotatable bonds is 8. The van der Waals surface area contributed by atoms with E-state index in [1.165, 1.54) is 5.56 Å². The second-order valence-corrected chi connectivity index (χ2v) is 5.39. The van der Waals surface area contributed by atoms with E-state index in [4.69, 9.17) is 14.7 Å². The molecule has 0 amide bonds. The first-order valence-corrected chi connectivity index (χ1v) is 7.10. The van der Waals surface area contributed by atoms with Gasteiger partial charge in [0.25, 0.3) is 0 Å². The van der Waals surface area contributed by atoms with Gasteiger partial charge in [0, 0.05) is 18.4 Å². The first kappa shape index (κ1) is 14.7. The molecule has 108 valence electrons. The topological polar surface area (TPSA) is 54.3 Å². The largest absolute Gasteiger partial charge is 0.493 e. The van der Waals surface area contributed by atoms with Crippen LogP contribution in [-0.4, -0.2) is 20.3 Å². The number of nitrogens with one attached hydrogen (secondary N) is 1. The average Bonchev–Trinajstić information content (AvgIpc) is 3.23. The molecule has 20 heavy (non-hydrogen) atoms. The zero-order chi connectivity index (χ0) is 14.4. The van der Waals surface area contributed by atoms with Crippen molar-refractivity contribution in [1.29, 1.82) is 5.26 Å². The van der Waals surface area contributed by atoms with Crippen LogP contribution >= 0.6 is 0 Å². The van der Waals surface area contributed by atoms with Crippen LogP contribution in [0.25, 0.3) is 0 Å². The van der Waals surface area contributed by atoms with Crippen LogP contribution < -0.4 is 14.8 Å². The zero-order valence-electron chi connectivity index (χ0n) is 12.2. The van der Waals surface area contributed by atoms with Crippen LogP contribution in [0, 0.1) is 16.7 Å². The lowest BCUT2D eigenvalue weighted by Crippen LogP contribution is -2.14. The molecule has 1 N–H and O–H groups in total. The van der Waals surface area contributed by atoms with Gasteiger partial charge in [0.1, 0.15) is 0 Å². The number of hydrogen-bond acceptors (Lipinski definition) is 4. The van der Waals surface area contributed by atoms with Crippen molar-refractivity contribution in [1.82, 2.24) is 5.32 Å². The number of nitriles is 1. The molecule has 0 unspecified atom stereocenters. The molecule has 1 saturated carbocycles. The Balaban J connectivity index is 2.03. The summed E-state index contributed by atoms with van der Waals surface area (Å²) in [6.45, 7) is 4.44. The Morgan fingerprint density at radius 3 is 2.75 bits per heavy atom. The highest BCUT2D eigenvalue weighted by molar-refractivity contribution is 5.43. The summed E-state index contributed by atoms with van der Waals surface area (Å²) >= 11 is 0. The summed E-state index contributed by atoms with van der Waals surface area (Å²) in [5.41, 5.74) is 1.25. The molecule has 0 radical (unpaired) electrons. The number of hydrogen-bond donors (Lipinski definition) is 1. The fourth-order valence-electron chi connectivity index (χ4n) is 2.16. The minimum atomic E-state index is 0.0808. The third kappa shape index (κ3) is 3.64. The molecule has 1 aliphatic rings. The highest BCUT2D eigenvalue weighted by Crippen LogP contribution is 2.49. The van der Waals surface area contributed by atoms with E-state index in [1.54, 1.807) is 7.11 Å². The molecule has 1 aliphatic carbocycles. The molecule has 4 heteroatoms. The normalized spacial score (nSPS) is 15.4. The van der Waals surface area contributed by atoms with Crippen molar-refractivity contribution < 1.29 is 9.47 Å². The first-order valence-electron chi connectivity index (χ1n) is 7.10. The predicted molar refractivity (Wildman–Crippen MR) is 77.8 cm³/mol. The van der Waals surface area contributed by atoms with Gasteiger partial charge < -0.3 is 14.8 Å². The van der Waals surface area contributed by atoms with Crippen molar-refractivity contribution in [3.8, 4) is 17.6 Å². The summed E-state index contributed by atoms with van der Waals surface area (Å²) in [6, 6.07) is 8.25. The summed E-state index contributed by atoms with van der Waals surface area (Å²) in [7, 11) is 1.65.